The summed E-state index contributed by atoms with van der Waals surface area (Å²) in [6.07, 6.45) is 3.85. The third-order valence-electron chi connectivity index (χ3n) is 4.38. The van der Waals surface area contributed by atoms with Crippen LogP contribution in [0, 0.1) is 0 Å². The molecule has 0 saturated carbocycles. The van der Waals surface area contributed by atoms with Crippen molar-refractivity contribution in [3.8, 4) is 5.69 Å². The van der Waals surface area contributed by atoms with E-state index in [1.54, 1.807) is 11.8 Å². The molecule has 0 unspecified atom stereocenters. The van der Waals surface area contributed by atoms with Crippen LogP contribution in [0.5, 0.6) is 0 Å². The molecule has 1 saturated heterocycles. The molecule has 0 spiro atoms. The molecular weight excluding hydrogens is 388 g/mol. The molecule has 4 rings (SSSR count). The van der Waals surface area contributed by atoms with Gasteiger partial charge in [0.1, 0.15) is 10.0 Å². The molecular formula is C17H19ClN6S2. The van der Waals surface area contributed by atoms with Gasteiger partial charge in [-0.05, 0) is 38.1 Å². The average Bonchev–Trinajstić information content (AvgIpc) is 3.27. The first-order valence-electron chi connectivity index (χ1n) is 8.63. The highest BCUT2D eigenvalue weighted by Gasteiger charge is 2.19. The molecule has 0 aliphatic carbocycles. The second-order valence-corrected chi connectivity index (χ2v) is 8.49. The zero-order chi connectivity index (χ0) is 17.8. The van der Waals surface area contributed by atoms with E-state index in [9.17, 15) is 0 Å². The molecule has 136 valence electrons. The molecule has 26 heavy (non-hydrogen) atoms. The predicted molar refractivity (Wildman–Crippen MR) is 105 cm³/mol. The number of para-hydroxylation sites is 1. The molecule has 0 bridgehead atoms. The van der Waals surface area contributed by atoms with Crippen LogP contribution in [0.2, 0.25) is 4.34 Å². The minimum Gasteiger partial charge on any atom is -0.296 e. The standard InChI is InChI=1S/C17H19ClN6S2/c18-16-14(19-22-26-16)12-25-17-21-20-15(11-23-9-5-2-6-10-23)24(17)13-7-3-1-4-8-13/h1,3-4,7-8H,2,5-6,9-12H2. The van der Waals surface area contributed by atoms with Gasteiger partial charge in [0.15, 0.2) is 11.0 Å². The maximum absolute atomic E-state index is 6.13. The molecule has 6 nitrogen and oxygen atoms in total. The van der Waals surface area contributed by atoms with Crippen LogP contribution < -0.4 is 0 Å². The van der Waals surface area contributed by atoms with Crippen LogP contribution >= 0.6 is 34.9 Å². The number of halogens is 1. The normalized spacial score (nSPS) is 15.4. The van der Waals surface area contributed by atoms with E-state index in [0.29, 0.717) is 10.1 Å². The number of piperidine rings is 1. The summed E-state index contributed by atoms with van der Waals surface area (Å²) in [5, 5.41) is 13.9. The number of aromatic nitrogens is 5. The van der Waals surface area contributed by atoms with E-state index in [2.05, 4.69) is 41.4 Å². The van der Waals surface area contributed by atoms with E-state index in [1.165, 1.54) is 30.8 Å². The Labute approximate surface area is 165 Å². The Balaban J connectivity index is 1.59. The quantitative estimate of drug-likeness (QED) is 0.575. The van der Waals surface area contributed by atoms with Crippen molar-refractivity contribution in [2.75, 3.05) is 13.1 Å². The summed E-state index contributed by atoms with van der Waals surface area (Å²) in [6.45, 7) is 3.08. The van der Waals surface area contributed by atoms with E-state index in [-0.39, 0.29) is 0 Å². The Morgan fingerprint density at radius 1 is 1.04 bits per heavy atom. The van der Waals surface area contributed by atoms with Gasteiger partial charge >= 0.3 is 0 Å². The molecule has 0 amide bonds. The van der Waals surface area contributed by atoms with Crippen LogP contribution in [0.25, 0.3) is 5.69 Å². The third-order valence-corrected chi connectivity index (χ3v) is 6.30. The summed E-state index contributed by atoms with van der Waals surface area (Å²) in [5.74, 6) is 1.60. The summed E-state index contributed by atoms with van der Waals surface area (Å²) in [4.78, 5) is 2.46. The molecule has 9 heteroatoms. The fraction of sp³-hybridized carbons (Fsp3) is 0.412. The van der Waals surface area contributed by atoms with Crippen LogP contribution in [0.3, 0.4) is 0 Å². The number of hydrogen-bond acceptors (Lipinski definition) is 7. The molecule has 0 radical (unpaired) electrons. The number of hydrogen-bond donors (Lipinski definition) is 0. The highest BCUT2D eigenvalue weighted by atomic mass is 35.5. The van der Waals surface area contributed by atoms with Crippen molar-refractivity contribution < 1.29 is 0 Å². The van der Waals surface area contributed by atoms with Crippen molar-refractivity contribution in [1.29, 1.82) is 0 Å². The molecule has 3 aromatic rings. The van der Waals surface area contributed by atoms with Crippen LogP contribution in [-0.2, 0) is 12.3 Å². The lowest BCUT2D eigenvalue weighted by Crippen LogP contribution is -2.30. The minimum atomic E-state index is 0.629. The van der Waals surface area contributed by atoms with Gasteiger partial charge in [-0.25, -0.2) is 0 Å². The van der Waals surface area contributed by atoms with E-state index < -0.39 is 0 Å². The van der Waals surface area contributed by atoms with Gasteiger partial charge in [-0.1, -0.05) is 52.5 Å². The highest BCUT2D eigenvalue weighted by molar-refractivity contribution is 7.98. The molecule has 1 fully saturated rings. The maximum atomic E-state index is 6.13. The van der Waals surface area contributed by atoms with Crippen LogP contribution in [0.15, 0.2) is 35.5 Å². The van der Waals surface area contributed by atoms with Crippen molar-refractivity contribution >= 4 is 34.9 Å². The van der Waals surface area contributed by atoms with Gasteiger partial charge in [-0.15, -0.1) is 15.3 Å². The maximum Gasteiger partial charge on any atom is 0.196 e. The van der Waals surface area contributed by atoms with Crippen LogP contribution in [0.1, 0.15) is 30.8 Å². The first-order valence-corrected chi connectivity index (χ1v) is 10.8. The van der Waals surface area contributed by atoms with Crippen LogP contribution in [0.4, 0.5) is 0 Å². The summed E-state index contributed by atoms with van der Waals surface area (Å²) in [6, 6.07) is 10.3. The summed E-state index contributed by atoms with van der Waals surface area (Å²) >= 11 is 8.92. The summed E-state index contributed by atoms with van der Waals surface area (Å²) in [7, 11) is 0. The second kappa shape index (κ2) is 8.47. The number of likely N-dealkylation sites (tertiary alicyclic amines) is 1. The number of thioether (sulfide) groups is 1. The van der Waals surface area contributed by atoms with Gasteiger partial charge in [-0.2, -0.15) is 0 Å². The number of nitrogens with zero attached hydrogens (tertiary/aromatic N) is 6. The monoisotopic (exact) mass is 406 g/mol. The molecule has 1 aliphatic heterocycles. The largest absolute Gasteiger partial charge is 0.296 e. The highest BCUT2D eigenvalue weighted by Crippen LogP contribution is 2.28. The minimum absolute atomic E-state index is 0.629. The number of rotatable bonds is 6. The van der Waals surface area contributed by atoms with Crippen molar-refractivity contribution in [3.63, 3.8) is 0 Å². The lowest BCUT2D eigenvalue weighted by atomic mass is 10.1. The fourth-order valence-corrected chi connectivity index (χ4v) is 4.77. The molecule has 0 atom stereocenters. The molecule has 0 N–H and O–H groups in total. The van der Waals surface area contributed by atoms with E-state index in [4.69, 9.17) is 11.6 Å². The smallest absolute Gasteiger partial charge is 0.196 e. The third kappa shape index (κ3) is 4.09. The molecule has 3 heterocycles. The van der Waals surface area contributed by atoms with Crippen molar-refractivity contribution in [1.82, 2.24) is 29.3 Å². The Hall–Kier alpha value is -1.48. The van der Waals surface area contributed by atoms with Crippen molar-refractivity contribution in [2.45, 2.75) is 36.7 Å². The first-order chi connectivity index (χ1) is 12.8. The van der Waals surface area contributed by atoms with Gasteiger partial charge in [0.25, 0.3) is 0 Å². The van der Waals surface area contributed by atoms with E-state index in [0.717, 1.165) is 42.0 Å². The Bertz CT molecular complexity index is 844. The predicted octanol–water partition coefficient (Wildman–Crippen LogP) is 4.05. The average molecular weight is 407 g/mol. The van der Waals surface area contributed by atoms with Gasteiger partial charge in [-0.3, -0.25) is 9.47 Å². The van der Waals surface area contributed by atoms with E-state index >= 15 is 0 Å². The summed E-state index contributed by atoms with van der Waals surface area (Å²) < 4.78 is 6.68. The zero-order valence-electron chi connectivity index (χ0n) is 14.2. The van der Waals surface area contributed by atoms with Crippen molar-refractivity contribution in [2.24, 2.45) is 0 Å². The fourth-order valence-electron chi connectivity index (χ4n) is 3.07. The molecule has 1 aromatic carbocycles. The Kier molecular flexibility index (Phi) is 5.84. The van der Waals surface area contributed by atoms with Crippen molar-refractivity contribution in [3.05, 3.63) is 46.2 Å². The summed E-state index contributed by atoms with van der Waals surface area (Å²) in [5.41, 5.74) is 1.87. The zero-order valence-corrected chi connectivity index (χ0v) is 16.6. The lowest BCUT2D eigenvalue weighted by Gasteiger charge is -2.26. The Morgan fingerprint density at radius 2 is 1.85 bits per heavy atom. The van der Waals surface area contributed by atoms with E-state index in [1.807, 2.05) is 18.2 Å². The lowest BCUT2D eigenvalue weighted by molar-refractivity contribution is 0.214. The topological polar surface area (TPSA) is 59.7 Å². The Morgan fingerprint density at radius 3 is 2.58 bits per heavy atom. The molecule has 2 aromatic heterocycles. The first kappa shape index (κ1) is 17.9. The second-order valence-electron chi connectivity index (χ2n) is 6.19. The van der Waals surface area contributed by atoms with Gasteiger partial charge in [0.2, 0.25) is 0 Å². The van der Waals surface area contributed by atoms with Gasteiger partial charge < -0.3 is 0 Å². The van der Waals surface area contributed by atoms with Gasteiger partial charge in [0, 0.05) is 23.0 Å². The van der Waals surface area contributed by atoms with Crippen LogP contribution in [-0.4, -0.2) is 42.3 Å². The van der Waals surface area contributed by atoms with Gasteiger partial charge in [0.05, 0.1) is 6.54 Å². The molecule has 1 aliphatic rings. The SMILES string of the molecule is Clc1snnc1CSc1nnc(CN2CCCCC2)n1-c1ccccc1. The number of benzene rings is 1.